The number of carbonyl (C=O) groups is 1. The number of carbonyl (C=O) groups excluding carboxylic acids is 1. The van der Waals surface area contributed by atoms with Crippen molar-refractivity contribution >= 4 is 5.91 Å². The Labute approximate surface area is 144 Å². The third-order valence-corrected chi connectivity index (χ3v) is 5.03. The van der Waals surface area contributed by atoms with E-state index in [2.05, 4.69) is 49.9 Å². The first kappa shape index (κ1) is 16.7. The number of rotatable bonds is 3. The molecule has 24 heavy (non-hydrogen) atoms. The number of piperazine rings is 1. The molecule has 1 heterocycles. The van der Waals surface area contributed by atoms with E-state index < -0.39 is 0 Å². The van der Waals surface area contributed by atoms with Crippen LogP contribution in [-0.4, -0.2) is 41.4 Å². The third-order valence-electron chi connectivity index (χ3n) is 5.03. The quantitative estimate of drug-likeness (QED) is 0.861. The Hall–Kier alpha value is -2.13. The van der Waals surface area contributed by atoms with Crippen LogP contribution in [0.15, 0.2) is 48.5 Å². The molecule has 1 aliphatic rings. The highest BCUT2D eigenvalue weighted by Gasteiger charge is 2.27. The van der Waals surface area contributed by atoms with E-state index in [1.54, 1.807) is 0 Å². The molecule has 3 rings (SSSR count). The monoisotopic (exact) mass is 322 g/mol. The molecule has 0 aliphatic carbocycles. The van der Waals surface area contributed by atoms with Gasteiger partial charge in [-0.05, 0) is 49.6 Å². The first-order valence-corrected chi connectivity index (χ1v) is 8.69. The zero-order valence-electron chi connectivity index (χ0n) is 14.8. The zero-order chi connectivity index (χ0) is 17.1. The summed E-state index contributed by atoms with van der Waals surface area (Å²) in [4.78, 5) is 17.2. The average molecular weight is 322 g/mol. The van der Waals surface area contributed by atoms with E-state index in [0.29, 0.717) is 6.04 Å². The lowest BCUT2D eigenvalue weighted by molar-refractivity contribution is 0.0495. The summed E-state index contributed by atoms with van der Waals surface area (Å²) in [6, 6.07) is 16.9. The average Bonchev–Trinajstić information content (AvgIpc) is 2.59. The molecule has 2 aromatic rings. The highest BCUT2D eigenvalue weighted by molar-refractivity contribution is 5.94. The molecule has 2 aromatic carbocycles. The maximum Gasteiger partial charge on any atom is 0.253 e. The van der Waals surface area contributed by atoms with Crippen molar-refractivity contribution in [1.29, 1.82) is 0 Å². The molecule has 0 aromatic heterocycles. The van der Waals surface area contributed by atoms with Crippen LogP contribution in [-0.2, 0) is 6.54 Å². The summed E-state index contributed by atoms with van der Waals surface area (Å²) in [6.07, 6.45) is 0. The van der Waals surface area contributed by atoms with Crippen LogP contribution >= 0.6 is 0 Å². The SMILES string of the molecule is Cc1ccc(C(=O)N2CCN(Cc3ccccc3)C(C)C2)cc1C. The maximum atomic E-state index is 12.8. The van der Waals surface area contributed by atoms with Crippen molar-refractivity contribution < 1.29 is 4.79 Å². The number of hydrogen-bond acceptors (Lipinski definition) is 2. The summed E-state index contributed by atoms with van der Waals surface area (Å²) in [5.74, 6) is 0.157. The lowest BCUT2D eigenvalue weighted by Crippen LogP contribution is -2.53. The van der Waals surface area contributed by atoms with Crippen molar-refractivity contribution in [2.45, 2.75) is 33.4 Å². The van der Waals surface area contributed by atoms with Gasteiger partial charge in [0, 0.05) is 37.8 Å². The molecule has 3 nitrogen and oxygen atoms in total. The first-order chi connectivity index (χ1) is 11.5. The van der Waals surface area contributed by atoms with Gasteiger partial charge in [-0.1, -0.05) is 36.4 Å². The fourth-order valence-electron chi connectivity index (χ4n) is 3.29. The standard InChI is InChI=1S/C21H26N2O/c1-16-9-10-20(13-17(16)2)21(24)23-12-11-22(18(3)14-23)15-19-7-5-4-6-8-19/h4-10,13,18H,11-12,14-15H2,1-3H3. The summed E-state index contributed by atoms with van der Waals surface area (Å²) in [6.45, 7) is 9.81. The van der Waals surface area contributed by atoms with Crippen molar-refractivity contribution in [2.24, 2.45) is 0 Å². The Balaban J connectivity index is 1.64. The lowest BCUT2D eigenvalue weighted by atomic mass is 10.0. The van der Waals surface area contributed by atoms with Crippen molar-refractivity contribution in [2.75, 3.05) is 19.6 Å². The smallest absolute Gasteiger partial charge is 0.253 e. The molecule has 0 radical (unpaired) electrons. The molecule has 0 saturated carbocycles. The van der Waals surface area contributed by atoms with E-state index in [4.69, 9.17) is 0 Å². The van der Waals surface area contributed by atoms with E-state index in [-0.39, 0.29) is 5.91 Å². The highest BCUT2D eigenvalue weighted by Crippen LogP contribution is 2.17. The molecule has 0 bridgehead atoms. The number of aryl methyl sites for hydroxylation is 2. The third kappa shape index (κ3) is 3.68. The molecule has 126 valence electrons. The molecule has 3 heteroatoms. The minimum Gasteiger partial charge on any atom is -0.336 e. The van der Waals surface area contributed by atoms with Gasteiger partial charge in [0.2, 0.25) is 0 Å². The summed E-state index contributed by atoms with van der Waals surface area (Å²) < 4.78 is 0. The predicted octanol–water partition coefficient (Wildman–Crippen LogP) is 3.65. The van der Waals surface area contributed by atoms with Crippen LogP contribution in [0.1, 0.15) is 34.0 Å². The van der Waals surface area contributed by atoms with E-state index in [0.717, 1.165) is 31.7 Å². The van der Waals surface area contributed by atoms with Gasteiger partial charge in [-0.2, -0.15) is 0 Å². The Kier molecular flexibility index (Phi) is 5.00. The van der Waals surface area contributed by atoms with Crippen LogP contribution in [0.5, 0.6) is 0 Å². The lowest BCUT2D eigenvalue weighted by Gasteiger charge is -2.40. The molecule has 0 spiro atoms. The van der Waals surface area contributed by atoms with Gasteiger partial charge in [0.1, 0.15) is 0 Å². The summed E-state index contributed by atoms with van der Waals surface area (Å²) in [7, 11) is 0. The largest absolute Gasteiger partial charge is 0.336 e. The molecular formula is C21H26N2O. The summed E-state index contributed by atoms with van der Waals surface area (Å²) >= 11 is 0. The van der Waals surface area contributed by atoms with Crippen LogP contribution in [0.3, 0.4) is 0 Å². The molecule has 1 amide bonds. The fourth-order valence-corrected chi connectivity index (χ4v) is 3.29. The van der Waals surface area contributed by atoms with Gasteiger partial charge in [0.25, 0.3) is 5.91 Å². The second-order valence-corrected chi connectivity index (χ2v) is 6.86. The predicted molar refractivity (Wildman–Crippen MR) is 98.1 cm³/mol. The van der Waals surface area contributed by atoms with Gasteiger partial charge in [-0.25, -0.2) is 0 Å². The Morgan fingerprint density at radius 1 is 1.04 bits per heavy atom. The van der Waals surface area contributed by atoms with Gasteiger partial charge in [-0.3, -0.25) is 9.69 Å². The van der Waals surface area contributed by atoms with Crippen LogP contribution in [0.25, 0.3) is 0 Å². The number of nitrogens with zero attached hydrogens (tertiary/aromatic N) is 2. The highest BCUT2D eigenvalue weighted by atomic mass is 16.2. The Bertz CT molecular complexity index is 711. The Morgan fingerprint density at radius 3 is 2.46 bits per heavy atom. The van der Waals surface area contributed by atoms with E-state index in [1.165, 1.54) is 16.7 Å². The minimum absolute atomic E-state index is 0.157. The molecule has 1 unspecified atom stereocenters. The van der Waals surface area contributed by atoms with E-state index in [1.807, 2.05) is 29.2 Å². The van der Waals surface area contributed by atoms with Crippen molar-refractivity contribution in [3.05, 3.63) is 70.8 Å². The maximum absolute atomic E-state index is 12.8. The molecule has 1 fully saturated rings. The number of hydrogen-bond donors (Lipinski definition) is 0. The number of amides is 1. The van der Waals surface area contributed by atoms with Crippen molar-refractivity contribution in [1.82, 2.24) is 9.80 Å². The molecule has 0 N–H and O–H groups in total. The van der Waals surface area contributed by atoms with Crippen LogP contribution in [0, 0.1) is 13.8 Å². The van der Waals surface area contributed by atoms with Crippen molar-refractivity contribution in [3.8, 4) is 0 Å². The van der Waals surface area contributed by atoms with Gasteiger partial charge in [-0.15, -0.1) is 0 Å². The van der Waals surface area contributed by atoms with Crippen molar-refractivity contribution in [3.63, 3.8) is 0 Å². The summed E-state index contributed by atoms with van der Waals surface area (Å²) in [5, 5.41) is 0. The zero-order valence-corrected chi connectivity index (χ0v) is 14.8. The number of benzene rings is 2. The van der Waals surface area contributed by atoms with Crippen LogP contribution in [0.4, 0.5) is 0 Å². The van der Waals surface area contributed by atoms with Gasteiger partial charge in [0.05, 0.1) is 0 Å². The molecule has 1 aliphatic heterocycles. The van der Waals surface area contributed by atoms with Gasteiger partial charge < -0.3 is 4.90 Å². The first-order valence-electron chi connectivity index (χ1n) is 8.69. The topological polar surface area (TPSA) is 23.6 Å². The van der Waals surface area contributed by atoms with E-state index in [9.17, 15) is 4.79 Å². The second-order valence-electron chi connectivity index (χ2n) is 6.86. The minimum atomic E-state index is 0.157. The second kappa shape index (κ2) is 7.18. The van der Waals surface area contributed by atoms with E-state index >= 15 is 0 Å². The van der Waals surface area contributed by atoms with Crippen LogP contribution < -0.4 is 0 Å². The Morgan fingerprint density at radius 2 is 1.79 bits per heavy atom. The fraction of sp³-hybridized carbons (Fsp3) is 0.381. The van der Waals surface area contributed by atoms with Crippen LogP contribution in [0.2, 0.25) is 0 Å². The molecular weight excluding hydrogens is 296 g/mol. The summed E-state index contributed by atoms with van der Waals surface area (Å²) in [5.41, 5.74) is 4.55. The molecule has 1 saturated heterocycles. The van der Waals surface area contributed by atoms with Gasteiger partial charge in [0.15, 0.2) is 0 Å². The molecule has 1 atom stereocenters. The normalized spacial score (nSPS) is 18.6. The van der Waals surface area contributed by atoms with Gasteiger partial charge >= 0.3 is 0 Å².